The average Bonchev–Trinajstić information content (AvgIpc) is 2.90. The van der Waals surface area contributed by atoms with E-state index in [4.69, 9.17) is 0 Å². The van der Waals surface area contributed by atoms with E-state index in [0.29, 0.717) is 18.3 Å². The Morgan fingerprint density at radius 3 is 2.35 bits per heavy atom. The molecule has 0 spiro atoms. The van der Waals surface area contributed by atoms with Crippen molar-refractivity contribution in [1.29, 1.82) is 0 Å². The summed E-state index contributed by atoms with van der Waals surface area (Å²) >= 11 is 1.23. The zero-order chi connectivity index (χ0) is 22.8. The van der Waals surface area contributed by atoms with Crippen LogP contribution in [0.4, 0.5) is 0 Å². The molecule has 0 aromatic heterocycles. The third-order valence-electron chi connectivity index (χ3n) is 9.44. The van der Waals surface area contributed by atoms with Gasteiger partial charge < -0.3 is 5.32 Å². The SMILES string of the molecule is CC(=O)N[C@]1(C(C)=O)[C@@H](SC(C)=O)CC2C3CCC4=CC(=O)CC[C@]4(C)C3CC[C@@]21C. The first-order chi connectivity index (χ1) is 14.5. The van der Waals surface area contributed by atoms with Gasteiger partial charge in [-0.15, -0.1) is 0 Å². The van der Waals surface area contributed by atoms with Crippen LogP contribution in [-0.4, -0.2) is 33.4 Å². The van der Waals surface area contributed by atoms with E-state index in [0.717, 1.165) is 38.5 Å². The lowest BCUT2D eigenvalue weighted by Crippen LogP contribution is -2.67. The van der Waals surface area contributed by atoms with Gasteiger partial charge in [-0.3, -0.25) is 19.2 Å². The summed E-state index contributed by atoms with van der Waals surface area (Å²) in [4.78, 5) is 49.8. The Morgan fingerprint density at radius 2 is 1.74 bits per heavy atom. The minimum absolute atomic E-state index is 0.00797. The van der Waals surface area contributed by atoms with Gasteiger partial charge in [-0.05, 0) is 74.7 Å². The number of thioether (sulfide) groups is 1. The Bertz CT molecular complexity index is 881. The molecule has 0 aliphatic heterocycles. The summed E-state index contributed by atoms with van der Waals surface area (Å²) in [6.45, 7) is 9.13. The fourth-order valence-corrected chi connectivity index (χ4v) is 9.51. The van der Waals surface area contributed by atoms with Crippen LogP contribution in [0.5, 0.6) is 0 Å². The number of allylic oxidation sites excluding steroid dienone is 1. The Morgan fingerprint density at radius 1 is 1.03 bits per heavy atom. The van der Waals surface area contributed by atoms with Gasteiger partial charge >= 0.3 is 0 Å². The van der Waals surface area contributed by atoms with Crippen molar-refractivity contribution in [1.82, 2.24) is 5.32 Å². The minimum atomic E-state index is -1.01. The highest BCUT2D eigenvalue weighted by atomic mass is 32.2. The van der Waals surface area contributed by atoms with E-state index in [-0.39, 0.29) is 44.6 Å². The molecular formula is C25H35NO4S. The molecule has 0 radical (unpaired) electrons. The quantitative estimate of drug-likeness (QED) is 0.703. The number of hydrogen-bond donors (Lipinski definition) is 1. The van der Waals surface area contributed by atoms with Crippen LogP contribution in [0.15, 0.2) is 11.6 Å². The number of rotatable bonds is 3. The normalized spacial score (nSPS) is 43.9. The lowest BCUT2D eigenvalue weighted by molar-refractivity contribution is -0.139. The number of carbonyl (C=O) groups is 4. The number of fused-ring (bicyclic) bond motifs is 5. The van der Waals surface area contributed by atoms with Crippen molar-refractivity contribution in [3.05, 3.63) is 11.6 Å². The standard InChI is InChI=1S/C25H35NO4S/c1-14(27)25(26-15(2)28)22(31-16(3)29)13-21-19-7-6-17-12-18(30)8-10-23(17,4)20(19)9-11-24(21,25)5/h12,19-22H,6-11,13H2,1-5H3,(H,26,28)/t19?,20?,21?,22-,23-,24-,25+/m0/s1. The highest BCUT2D eigenvalue weighted by Gasteiger charge is 2.70. The first-order valence-corrected chi connectivity index (χ1v) is 12.5. The molecule has 170 valence electrons. The maximum atomic E-state index is 13.3. The van der Waals surface area contributed by atoms with Gasteiger partial charge in [-0.2, -0.15) is 0 Å². The van der Waals surface area contributed by atoms with Crippen LogP contribution in [0.1, 0.15) is 79.6 Å². The van der Waals surface area contributed by atoms with Crippen molar-refractivity contribution in [2.45, 2.75) is 90.4 Å². The number of nitrogens with one attached hydrogen (secondary N) is 1. The van der Waals surface area contributed by atoms with Gasteiger partial charge in [0.1, 0.15) is 5.54 Å². The monoisotopic (exact) mass is 445 g/mol. The highest BCUT2D eigenvalue weighted by molar-refractivity contribution is 8.14. The Labute approximate surface area is 189 Å². The van der Waals surface area contributed by atoms with Crippen molar-refractivity contribution in [3.63, 3.8) is 0 Å². The summed E-state index contributed by atoms with van der Waals surface area (Å²) in [6.07, 6.45) is 8.02. The molecule has 1 N–H and O–H groups in total. The topological polar surface area (TPSA) is 80.3 Å². The first-order valence-electron chi connectivity index (χ1n) is 11.7. The molecule has 0 aromatic carbocycles. The summed E-state index contributed by atoms with van der Waals surface area (Å²) in [6, 6.07) is 0. The third kappa shape index (κ3) is 3.19. The molecule has 4 aliphatic rings. The molecule has 3 unspecified atom stereocenters. The summed E-state index contributed by atoms with van der Waals surface area (Å²) in [5.41, 5.74) is -0.0110. The fraction of sp³-hybridized carbons (Fsp3) is 0.760. The molecule has 4 aliphatic carbocycles. The lowest BCUT2D eigenvalue weighted by atomic mass is 9.46. The van der Waals surface area contributed by atoms with Gasteiger partial charge in [0.2, 0.25) is 5.91 Å². The maximum Gasteiger partial charge on any atom is 0.217 e. The van der Waals surface area contributed by atoms with Crippen LogP contribution in [0, 0.1) is 28.6 Å². The van der Waals surface area contributed by atoms with Crippen LogP contribution in [0.3, 0.4) is 0 Å². The molecule has 4 rings (SSSR count). The van der Waals surface area contributed by atoms with Crippen LogP contribution in [0.25, 0.3) is 0 Å². The maximum absolute atomic E-state index is 13.3. The molecular weight excluding hydrogens is 410 g/mol. The summed E-state index contributed by atoms with van der Waals surface area (Å²) < 4.78 is 0. The number of Topliss-reactive ketones (excluding diaryl/α,β-unsaturated/α-hetero) is 1. The average molecular weight is 446 g/mol. The second-order valence-electron chi connectivity index (χ2n) is 10.8. The van der Waals surface area contributed by atoms with Crippen molar-refractivity contribution in [2.24, 2.45) is 28.6 Å². The van der Waals surface area contributed by atoms with E-state index in [1.165, 1.54) is 24.3 Å². The van der Waals surface area contributed by atoms with Gasteiger partial charge in [0.05, 0.1) is 0 Å². The molecule has 0 saturated heterocycles. The molecule has 1 amide bonds. The van der Waals surface area contributed by atoms with Gasteiger partial charge in [0, 0.05) is 30.9 Å². The van der Waals surface area contributed by atoms with Gasteiger partial charge in [0.15, 0.2) is 16.7 Å². The molecule has 3 fully saturated rings. The second-order valence-corrected chi connectivity index (χ2v) is 12.2. The molecule has 0 aromatic rings. The Balaban J connectivity index is 1.77. The first kappa shape index (κ1) is 22.8. The van der Waals surface area contributed by atoms with Gasteiger partial charge in [-0.1, -0.05) is 31.2 Å². The minimum Gasteiger partial charge on any atom is -0.342 e. The smallest absolute Gasteiger partial charge is 0.217 e. The molecule has 3 saturated carbocycles. The number of hydrogen-bond acceptors (Lipinski definition) is 5. The predicted octanol–water partition coefficient (Wildman–Crippen LogP) is 4.24. The van der Waals surface area contributed by atoms with Gasteiger partial charge in [-0.25, -0.2) is 0 Å². The van der Waals surface area contributed by atoms with Crippen LogP contribution < -0.4 is 5.32 Å². The predicted molar refractivity (Wildman–Crippen MR) is 121 cm³/mol. The molecule has 6 heteroatoms. The Kier molecular flexibility index (Phi) is 5.55. The van der Waals surface area contributed by atoms with Gasteiger partial charge in [0.25, 0.3) is 0 Å². The van der Waals surface area contributed by atoms with E-state index in [1.54, 1.807) is 13.8 Å². The van der Waals surface area contributed by atoms with Crippen molar-refractivity contribution < 1.29 is 19.2 Å². The summed E-state index contributed by atoms with van der Waals surface area (Å²) in [7, 11) is 0. The zero-order valence-electron chi connectivity index (χ0n) is 19.4. The third-order valence-corrected chi connectivity index (χ3v) is 10.6. The Hall–Kier alpha value is -1.43. The molecule has 7 atom stereocenters. The molecule has 0 bridgehead atoms. The van der Waals surface area contributed by atoms with E-state index in [2.05, 4.69) is 19.2 Å². The fourth-order valence-electron chi connectivity index (χ4n) is 8.13. The van der Waals surface area contributed by atoms with Crippen LogP contribution in [0.2, 0.25) is 0 Å². The highest BCUT2D eigenvalue weighted by Crippen LogP contribution is 2.69. The second kappa shape index (κ2) is 7.57. The molecule has 5 nitrogen and oxygen atoms in total. The van der Waals surface area contributed by atoms with Crippen LogP contribution in [-0.2, 0) is 19.2 Å². The molecule has 0 heterocycles. The molecule has 31 heavy (non-hydrogen) atoms. The number of amides is 1. The van der Waals surface area contributed by atoms with Crippen molar-refractivity contribution in [3.8, 4) is 0 Å². The summed E-state index contributed by atoms with van der Waals surface area (Å²) in [5.74, 6) is 1.22. The lowest BCUT2D eigenvalue weighted by Gasteiger charge is -2.59. The van der Waals surface area contributed by atoms with Crippen LogP contribution >= 0.6 is 11.8 Å². The number of carbonyl (C=O) groups excluding carboxylic acids is 4. The number of ketones is 2. The zero-order valence-corrected chi connectivity index (χ0v) is 20.2. The van der Waals surface area contributed by atoms with Crippen molar-refractivity contribution >= 4 is 34.4 Å². The van der Waals surface area contributed by atoms with E-state index >= 15 is 0 Å². The van der Waals surface area contributed by atoms with E-state index in [1.807, 2.05) is 6.08 Å². The summed E-state index contributed by atoms with van der Waals surface area (Å²) in [5, 5.41) is 2.85. The van der Waals surface area contributed by atoms with E-state index in [9.17, 15) is 19.2 Å². The van der Waals surface area contributed by atoms with E-state index < -0.39 is 5.54 Å². The largest absolute Gasteiger partial charge is 0.342 e. The van der Waals surface area contributed by atoms with Crippen molar-refractivity contribution in [2.75, 3.05) is 0 Å².